The number of hydrogen-bond donors (Lipinski definition) is 1. The van der Waals surface area contributed by atoms with Crippen LogP contribution in [-0.2, 0) is 9.53 Å². The quantitative estimate of drug-likeness (QED) is 0.731. The third-order valence-electron chi connectivity index (χ3n) is 2.47. The molecule has 0 aromatic heterocycles. The van der Waals surface area contributed by atoms with Gasteiger partial charge in [-0.05, 0) is 32.6 Å². The Bertz CT molecular complexity index is 177. The molecule has 2 atom stereocenters. The summed E-state index contributed by atoms with van der Waals surface area (Å²) in [5.74, 6) is -0.468. The summed E-state index contributed by atoms with van der Waals surface area (Å²) in [4.78, 5) is 10.5. The van der Waals surface area contributed by atoms with Gasteiger partial charge in [0, 0.05) is 0 Å². The van der Waals surface area contributed by atoms with Crippen molar-refractivity contribution in [3.8, 4) is 0 Å². The summed E-state index contributed by atoms with van der Waals surface area (Å²) in [7, 11) is 0. The number of carboxylic acids is 1. The van der Waals surface area contributed by atoms with Gasteiger partial charge in [0.25, 0.3) is 0 Å². The Morgan fingerprint density at radius 2 is 2.23 bits per heavy atom. The number of rotatable bonds is 4. The van der Waals surface area contributed by atoms with Gasteiger partial charge in [0.2, 0.25) is 0 Å². The summed E-state index contributed by atoms with van der Waals surface area (Å²) in [6, 6.07) is 0. The van der Waals surface area contributed by atoms with Gasteiger partial charge in [0.1, 0.15) is 0 Å². The summed E-state index contributed by atoms with van der Waals surface area (Å²) in [6.45, 7) is 3.99. The van der Waals surface area contributed by atoms with Crippen molar-refractivity contribution >= 4 is 5.97 Å². The van der Waals surface area contributed by atoms with Gasteiger partial charge < -0.3 is 9.84 Å². The minimum absolute atomic E-state index is 0.177. The average Bonchev–Trinajstić information content (AvgIpc) is 2.34. The number of carboxylic acid groups (broad SMARTS) is 1. The van der Waals surface area contributed by atoms with E-state index in [9.17, 15) is 4.79 Å². The van der Waals surface area contributed by atoms with E-state index >= 15 is 0 Å². The molecule has 1 rings (SSSR count). The monoisotopic (exact) mass is 186 g/mol. The summed E-state index contributed by atoms with van der Waals surface area (Å²) in [6.07, 6.45) is 3.78. The Labute approximate surface area is 79.1 Å². The first-order valence-electron chi connectivity index (χ1n) is 4.97. The standard InChI is InChI=1S/C10H18O3/c1-7(2)13-9-5-3-4-8(9)6-10(11)12/h7-9H,3-6H2,1-2H3,(H,11,12). The molecule has 0 heterocycles. The van der Waals surface area contributed by atoms with Crippen molar-refractivity contribution in [3.63, 3.8) is 0 Å². The fraction of sp³-hybridized carbons (Fsp3) is 0.900. The van der Waals surface area contributed by atoms with Gasteiger partial charge in [-0.2, -0.15) is 0 Å². The highest BCUT2D eigenvalue weighted by atomic mass is 16.5. The maximum Gasteiger partial charge on any atom is 0.303 e. The lowest BCUT2D eigenvalue weighted by molar-refractivity contribution is -0.139. The molecule has 76 valence electrons. The van der Waals surface area contributed by atoms with Crippen molar-refractivity contribution in [3.05, 3.63) is 0 Å². The van der Waals surface area contributed by atoms with E-state index in [4.69, 9.17) is 9.84 Å². The third kappa shape index (κ3) is 3.35. The molecule has 0 aromatic carbocycles. The molecule has 1 aliphatic rings. The third-order valence-corrected chi connectivity index (χ3v) is 2.47. The van der Waals surface area contributed by atoms with Crippen LogP contribution in [0.4, 0.5) is 0 Å². The molecule has 1 fully saturated rings. The van der Waals surface area contributed by atoms with Crippen LogP contribution in [-0.4, -0.2) is 23.3 Å². The number of aliphatic carboxylic acids is 1. The predicted molar refractivity (Wildman–Crippen MR) is 49.6 cm³/mol. The SMILES string of the molecule is CC(C)OC1CCCC1CC(=O)O. The maximum atomic E-state index is 10.5. The lowest BCUT2D eigenvalue weighted by Crippen LogP contribution is -2.23. The van der Waals surface area contributed by atoms with E-state index in [1.807, 2.05) is 13.8 Å². The van der Waals surface area contributed by atoms with Crippen molar-refractivity contribution in [1.82, 2.24) is 0 Å². The van der Waals surface area contributed by atoms with Gasteiger partial charge >= 0.3 is 5.97 Å². The molecule has 0 spiro atoms. The molecule has 3 nitrogen and oxygen atoms in total. The first kappa shape index (κ1) is 10.5. The molecule has 3 heteroatoms. The van der Waals surface area contributed by atoms with Crippen molar-refractivity contribution in [2.45, 2.75) is 51.7 Å². The van der Waals surface area contributed by atoms with Gasteiger partial charge in [-0.25, -0.2) is 0 Å². The Morgan fingerprint density at radius 3 is 2.77 bits per heavy atom. The number of hydrogen-bond acceptors (Lipinski definition) is 2. The molecule has 13 heavy (non-hydrogen) atoms. The predicted octanol–water partition coefficient (Wildman–Crippen LogP) is 2.05. The largest absolute Gasteiger partial charge is 0.481 e. The molecular weight excluding hydrogens is 168 g/mol. The molecule has 1 N–H and O–H groups in total. The maximum absolute atomic E-state index is 10.5. The molecular formula is C10H18O3. The van der Waals surface area contributed by atoms with E-state index < -0.39 is 5.97 Å². The van der Waals surface area contributed by atoms with Crippen LogP contribution < -0.4 is 0 Å². The zero-order valence-electron chi connectivity index (χ0n) is 8.32. The van der Waals surface area contributed by atoms with E-state index in [1.54, 1.807) is 0 Å². The van der Waals surface area contributed by atoms with Gasteiger partial charge in [0.05, 0.1) is 18.6 Å². The van der Waals surface area contributed by atoms with Crippen LogP contribution in [0.5, 0.6) is 0 Å². The van der Waals surface area contributed by atoms with Crippen LogP contribution in [0.2, 0.25) is 0 Å². The average molecular weight is 186 g/mol. The summed E-state index contributed by atoms with van der Waals surface area (Å²) < 4.78 is 5.66. The van der Waals surface area contributed by atoms with Crippen LogP contribution >= 0.6 is 0 Å². The second-order valence-electron chi connectivity index (χ2n) is 4.01. The van der Waals surface area contributed by atoms with Crippen LogP contribution in [0.3, 0.4) is 0 Å². The molecule has 2 unspecified atom stereocenters. The summed E-state index contributed by atoms with van der Waals surface area (Å²) in [5, 5.41) is 8.67. The van der Waals surface area contributed by atoms with Crippen LogP contribution in [0.15, 0.2) is 0 Å². The fourth-order valence-electron chi connectivity index (χ4n) is 1.99. The summed E-state index contributed by atoms with van der Waals surface area (Å²) >= 11 is 0. The highest BCUT2D eigenvalue weighted by molar-refractivity contribution is 5.67. The Hall–Kier alpha value is -0.570. The smallest absolute Gasteiger partial charge is 0.303 e. The van der Waals surface area contributed by atoms with E-state index in [1.165, 1.54) is 0 Å². The highest BCUT2D eigenvalue weighted by Gasteiger charge is 2.30. The van der Waals surface area contributed by atoms with Gasteiger partial charge in [0.15, 0.2) is 0 Å². The van der Waals surface area contributed by atoms with Crippen molar-refractivity contribution in [1.29, 1.82) is 0 Å². The van der Waals surface area contributed by atoms with Crippen LogP contribution in [0.1, 0.15) is 39.5 Å². The van der Waals surface area contributed by atoms with Crippen molar-refractivity contribution in [2.24, 2.45) is 5.92 Å². The van der Waals surface area contributed by atoms with Gasteiger partial charge in [-0.3, -0.25) is 4.79 Å². The normalized spacial score (nSPS) is 28.2. The fourth-order valence-corrected chi connectivity index (χ4v) is 1.99. The summed E-state index contributed by atoms with van der Waals surface area (Å²) in [5.41, 5.74) is 0. The topological polar surface area (TPSA) is 46.5 Å². The minimum Gasteiger partial charge on any atom is -0.481 e. The lowest BCUT2D eigenvalue weighted by atomic mass is 10.0. The molecule has 0 aliphatic heterocycles. The Balaban J connectivity index is 2.39. The van der Waals surface area contributed by atoms with Crippen LogP contribution in [0, 0.1) is 5.92 Å². The minimum atomic E-state index is -0.704. The molecule has 1 aliphatic carbocycles. The lowest BCUT2D eigenvalue weighted by Gasteiger charge is -2.20. The van der Waals surface area contributed by atoms with Gasteiger partial charge in [-0.1, -0.05) is 6.42 Å². The van der Waals surface area contributed by atoms with E-state index in [-0.39, 0.29) is 24.5 Å². The molecule has 1 saturated carbocycles. The molecule has 0 aromatic rings. The second kappa shape index (κ2) is 4.61. The first-order valence-corrected chi connectivity index (χ1v) is 4.97. The molecule has 0 amide bonds. The zero-order valence-corrected chi connectivity index (χ0v) is 8.32. The molecule has 0 saturated heterocycles. The number of ether oxygens (including phenoxy) is 1. The van der Waals surface area contributed by atoms with E-state index in [0.717, 1.165) is 19.3 Å². The zero-order chi connectivity index (χ0) is 9.84. The van der Waals surface area contributed by atoms with E-state index in [2.05, 4.69) is 0 Å². The van der Waals surface area contributed by atoms with Crippen LogP contribution in [0.25, 0.3) is 0 Å². The highest BCUT2D eigenvalue weighted by Crippen LogP contribution is 2.31. The Morgan fingerprint density at radius 1 is 1.54 bits per heavy atom. The van der Waals surface area contributed by atoms with Gasteiger partial charge in [-0.15, -0.1) is 0 Å². The van der Waals surface area contributed by atoms with Crippen molar-refractivity contribution in [2.75, 3.05) is 0 Å². The molecule has 0 radical (unpaired) electrons. The van der Waals surface area contributed by atoms with Crippen molar-refractivity contribution < 1.29 is 14.6 Å². The van der Waals surface area contributed by atoms with E-state index in [0.29, 0.717) is 0 Å². The Kier molecular flexibility index (Phi) is 3.72. The number of carbonyl (C=O) groups is 1. The molecule has 0 bridgehead atoms. The second-order valence-corrected chi connectivity index (χ2v) is 4.01. The first-order chi connectivity index (χ1) is 6.09.